The normalized spacial score (nSPS) is 23.9. The maximum absolute atomic E-state index is 12.8. The average Bonchev–Trinajstić information content (AvgIpc) is 3.44. The molecule has 2 atom stereocenters. The van der Waals surface area contributed by atoms with Crippen LogP contribution in [0.2, 0.25) is 0 Å². The highest BCUT2D eigenvalue weighted by Crippen LogP contribution is 2.53. The van der Waals surface area contributed by atoms with Crippen molar-refractivity contribution in [3.05, 3.63) is 98.9 Å². The number of amides is 1. The smallest absolute Gasteiger partial charge is 0.314 e. The number of thioether (sulfide) groups is 1. The number of fused-ring (bicyclic) bond motifs is 4. The number of nitrogens with zero attached hydrogens (tertiary/aromatic N) is 2. The van der Waals surface area contributed by atoms with Gasteiger partial charge < -0.3 is 9.47 Å². The number of hydrogen-bond donors (Lipinski definition) is 1. The summed E-state index contributed by atoms with van der Waals surface area (Å²) in [5, 5.41) is 9.83. The van der Waals surface area contributed by atoms with Crippen LogP contribution in [-0.4, -0.2) is 28.9 Å². The molecule has 2 unspecified atom stereocenters. The molecule has 3 aliphatic heterocycles. The number of hydrogen-bond acceptors (Lipinski definition) is 6. The van der Waals surface area contributed by atoms with Gasteiger partial charge in [-0.1, -0.05) is 58.4 Å². The maximum Gasteiger partial charge on any atom is 0.314 e. The Morgan fingerprint density at radius 1 is 1.18 bits per heavy atom. The Labute approximate surface area is 209 Å². The van der Waals surface area contributed by atoms with Gasteiger partial charge in [-0.2, -0.15) is 5.10 Å². The molecule has 1 saturated heterocycles. The van der Waals surface area contributed by atoms with Gasteiger partial charge in [0.2, 0.25) is 0 Å². The zero-order chi connectivity index (χ0) is 23.3. The van der Waals surface area contributed by atoms with Crippen LogP contribution in [0.3, 0.4) is 0 Å². The highest BCUT2D eigenvalue weighted by atomic mass is 79.9. The van der Waals surface area contributed by atoms with E-state index in [4.69, 9.17) is 14.6 Å². The van der Waals surface area contributed by atoms with Crippen LogP contribution in [0.1, 0.15) is 29.2 Å². The van der Waals surface area contributed by atoms with Crippen LogP contribution in [0.4, 0.5) is 4.79 Å². The van der Waals surface area contributed by atoms with E-state index in [2.05, 4.69) is 39.4 Å². The summed E-state index contributed by atoms with van der Waals surface area (Å²) in [5.74, 6) is 0.289. The lowest BCUT2D eigenvalue weighted by atomic mass is 9.95. The Kier molecular flexibility index (Phi) is 5.15. The Morgan fingerprint density at radius 3 is 2.74 bits per heavy atom. The topological polar surface area (TPSA) is 63.2 Å². The van der Waals surface area contributed by atoms with Gasteiger partial charge in [0, 0.05) is 16.5 Å². The molecule has 0 bridgehead atoms. The van der Waals surface area contributed by atoms with Crippen LogP contribution in [0, 0.1) is 0 Å². The fourth-order valence-electron chi connectivity index (χ4n) is 4.55. The molecule has 6 rings (SSSR count). The quantitative estimate of drug-likeness (QED) is 0.437. The van der Waals surface area contributed by atoms with Crippen LogP contribution < -0.4 is 14.8 Å². The molecule has 0 saturated carbocycles. The molecule has 3 heterocycles. The van der Waals surface area contributed by atoms with Crippen molar-refractivity contribution in [2.45, 2.75) is 18.3 Å². The first kappa shape index (κ1) is 21.3. The van der Waals surface area contributed by atoms with Crippen molar-refractivity contribution in [1.29, 1.82) is 0 Å². The van der Waals surface area contributed by atoms with Crippen LogP contribution in [0.5, 0.6) is 11.5 Å². The van der Waals surface area contributed by atoms with Gasteiger partial charge in [-0.15, -0.1) is 0 Å². The van der Waals surface area contributed by atoms with Gasteiger partial charge in [0.15, 0.2) is 0 Å². The Bertz CT molecular complexity index is 1340. The van der Waals surface area contributed by atoms with E-state index in [0.29, 0.717) is 6.42 Å². The van der Waals surface area contributed by atoms with E-state index in [1.807, 2.05) is 65.7 Å². The minimum atomic E-state index is -1.22. The Balaban J connectivity index is 1.50. The second kappa shape index (κ2) is 8.21. The number of nitrogens with one attached hydrogen (secondary N) is 1. The predicted molar refractivity (Wildman–Crippen MR) is 137 cm³/mol. The molecular formula is C26H20BrN3O3S. The molecular weight excluding hydrogens is 514 g/mol. The molecule has 3 aromatic carbocycles. The van der Waals surface area contributed by atoms with Gasteiger partial charge in [0.25, 0.3) is 5.24 Å². The van der Waals surface area contributed by atoms with E-state index >= 15 is 0 Å². The van der Waals surface area contributed by atoms with E-state index in [9.17, 15) is 4.79 Å². The first-order chi connectivity index (χ1) is 16.6. The second-order valence-corrected chi connectivity index (χ2v) is 10.1. The predicted octanol–water partition coefficient (Wildman–Crippen LogP) is 6.15. The van der Waals surface area contributed by atoms with Gasteiger partial charge in [0.1, 0.15) is 11.5 Å². The fraction of sp³-hybridized carbons (Fsp3) is 0.154. The summed E-state index contributed by atoms with van der Waals surface area (Å²) >= 11 is 4.73. The van der Waals surface area contributed by atoms with Crippen molar-refractivity contribution >= 4 is 44.7 Å². The average molecular weight is 534 g/mol. The number of benzene rings is 3. The summed E-state index contributed by atoms with van der Waals surface area (Å²) < 4.78 is 12.8. The summed E-state index contributed by atoms with van der Waals surface area (Å²) in [4.78, 5) is 13.5. The van der Waals surface area contributed by atoms with Crippen molar-refractivity contribution in [1.82, 2.24) is 10.3 Å². The van der Waals surface area contributed by atoms with Crippen LogP contribution in [-0.2, 0) is 0 Å². The van der Waals surface area contributed by atoms with Crippen molar-refractivity contribution in [2.24, 2.45) is 5.10 Å². The Hall–Kier alpha value is -3.23. The number of ether oxygens (including phenoxy) is 2. The van der Waals surface area contributed by atoms with E-state index in [0.717, 1.165) is 55.0 Å². The third-order valence-corrected chi connectivity index (χ3v) is 7.55. The van der Waals surface area contributed by atoms with E-state index in [-0.39, 0.29) is 11.3 Å². The van der Waals surface area contributed by atoms with E-state index in [1.54, 1.807) is 7.11 Å². The lowest BCUT2D eigenvalue weighted by molar-refractivity contribution is -0.0949. The number of carbonyl (C=O) groups is 1. The first-order valence-electron chi connectivity index (χ1n) is 10.8. The summed E-state index contributed by atoms with van der Waals surface area (Å²) in [6.45, 7) is 0. The summed E-state index contributed by atoms with van der Waals surface area (Å²) in [7, 11) is 1.64. The maximum atomic E-state index is 12.8. The van der Waals surface area contributed by atoms with Crippen molar-refractivity contribution < 1.29 is 14.3 Å². The lowest BCUT2D eigenvalue weighted by Gasteiger charge is -2.45. The number of carbonyl (C=O) groups excluding carboxylic acids is 1. The third-order valence-electron chi connectivity index (χ3n) is 6.15. The second-order valence-electron chi connectivity index (χ2n) is 8.20. The number of halogens is 1. The zero-order valence-electron chi connectivity index (χ0n) is 18.2. The summed E-state index contributed by atoms with van der Waals surface area (Å²) in [6, 6.07) is 23.7. The monoisotopic (exact) mass is 533 g/mol. The standard InChI is InChI=1S/C26H20BrN3O3S/c1-32-19-10-7-16(8-11-19)13-24-26(28-25(31)34-24)30-22(20-14-18(27)9-12-23(20)33-26)15-21(29-30)17-5-3-2-4-6-17/h2-14,22H,15H2,1H3,(H,28,31). The fourth-order valence-corrected chi connectivity index (χ4v) is 5.83. The highest BCUT2D eigenvalue weighted by Gasteiger charge is 2.58. The molecule has 0 radical (unpaired) electrons. The third kappa shape index (κ3) is 3.49. The summed E-state index contributed by atoms with van der Waals surface area (Å²) in [6.07, 6.45) is 2.67. The van der Waals surface area contributed by atoms with Gasteiger partial charge >= 0.3 is 5.85 Å². The van der Waals surface area contributed by atoms with Crippen LogP contribution >= 0.6 is 27.7 Å². The van der Waals surface area contributed by atoms with Gasteiger partial charge in [0.05, 0.1) is 23.8 Å². The van der Waals surface area contributed by atoms with Gasteiger partial charge in [-0.3, -0.25) is 10.1 Å². The highest BCUT2D eigenvalue weighted by molar-refractivity contribution is 9.10. The zero-order valence-corrected chi connectivity index (χ0v) is 20.6. The molecule has 3 aliphatic rings. The molecule has 0 aliphatic carbocycles. The minimum Gasteiger partial charge on any atom is -0.497 e. The van der Waals surface area contributed by atoms with Gasteiger partial charge in [-0.25, -0.2) is 5.01 Å². The van der Waals surface area contributed by atoms with Crippen molar-refractivity contribution in [2.75, 3.05) is 7.11 Å². The molecule has 6 nitrogen and oxygen atoms in total. The van der Waals surface area contributed by atoms with Crippen LogP contribution in [0.25, 0.3) is 6.08 Å². The first-order valence-corrected chi connectivity index (χ1v) is 12.4. The van der Waals surface area contributed by atoms with E-state index < -0.39 is 5.85 Å². The van der Waals surface area contributed by atoms with E-state index in [1.165, 1.54) is 0 Å². The Morgan fingerprint density at radius 2 is 1.97 bits per heavy atom. The molecule has 1 N–H and O–H groups in total. The molecule has 1 amide bonds. The minimum absolute atomic E-state index is 0.0882. The molecule has 1 fully saturated rings. The number of methoxy groups -OCH3 is 1. The van der Waals surface area contributed by atoms with Crippen LogP contribution in [0.15, 0.2) is 87.3 Å². The van der Waals surface area contributed by atoms with Gasteiger partial charge in [-0.05, 0) is 59.3 Å². The van der Waals surface area contributed by atoms with Crippen molar-refractivity contribution in [3.63, 3.8) is 0 Å². The number of rotatable bonds is 3. The molecule has 3 aromatic rings. The number of hydrazone groups is 1. The molecule has 0 aromatic heterocycles. The molecule has 170 valence electrons. The molecule has 8 heteroatoms. The van der Waals surface area contributed by atoms with Crippen molar-refractivity contribution in [3.8, 4) is 11.5 Å². The molecule has 1 spiro atoms. The summed E-state index contributed by atoms with van der Waals surface area (Å²) in [5.41, 5.74) is 3.98. The largest absolute Gasteiger partial charge is 0.497 e. The SMILES string of the molecule is COc1ccc(C=C2SC(=O)NC23Oc2ccc(Br)cc2C2CC(c4ccccc4)=NN23)cc1. The molecule has 34 heavy (non-hydrogen) atoms. The lowest BCUT2D eigenvalue weighted by Crippen LogP contribution is -2.61.